The van der Waals surface area contributed by atoms with Crippen molar-refractivity contribution in [1.82, 2.24) is 14.8 Å². The van der Waals surface area contributed by atoms with Crippen LogP contribution in [-0.4, -0.2) is 65.8 Å². The van der Waals surface area contributed by atoms with Crippen LogP contribution < -0.4 is 0 Å². The number of piperazine rings is 1. The summed E-state index contributed by atoms with van der Waals surface area (Å²) in [6.45, 7) is 1.21. The number of fused-ring (bicyclic) bond motifs is 1. The first kappa shape index (κ1) is 18.1. The topological polar surface area (TPSA) is 70.6 Å². The van der Waals surface area contributed by atoms with Crippen LogP contribution in [0, 0.1) is 5.82 Å². The first-order chi connectivity index (χ1) is 12.9. The molecule has 0 saturated carbocycles. The van der Waals surface area contributed by atoms with E-state index < -0.39 is 15.9 Å². The number of rotatable bonds is 3. The van der Waals surface area contributed by atoms with Gasteiger partial charge in [-0.15, -0.1) is 0 Å². The average Bonchev–Trinajstić information content (AvgIpc) is 2.99. The van der Waals surface area contributed by atoms with Gasteiger partial charge in [0.25, 0.3) is 5.91 Å². The highest BCUT2D eigenvalue weighted by molar-refractivity contribution is 7.91. The van der Waals surface area contributed by atoms with Crippen molar-refractivity contribution in [2.45, 2.75) is 18.6 Å². The third kappa shape index (κ3) is 3.59. The lowest BCUT2D eigenvalue weighted by molar-refractivity contribution is 0.0298. The van der Waals surface area contributed by atoms with Gasteiger partial charge in [-0.1, -0.05) is 24.3 Å². The van der Waals surface area contributed by atoms with E-state index in [0.717, 1.165) is 0 Å². The van der Waals surface area contributed by atoms with Gasteiger partial charge in [0.15, 0.2) is 9.84 Å². The first-order valence-electron chi connectivity index (χ1n) is 8.84. The molecule has 2 aromatic rings. The second-order valence-corrected chi connectivity index (χ2v) is 9.14. The molecule has 1 aromatic carbocycles. The maximum absolute atomic E-state index is 14.0. The molecule has 0 unspecified atom stereocenters. The number of carbonyl (C=O) groups excluding carboxylic acids is 1. The lowest BCUT2D eigenvalue weighted by Gasteiger charge is -2.43. The average molecular weight is 389 g/mol. The summed E-state index contributed by atoms with van der Waals surface area (Å²) >= 11 is 0. The number of benzene rings is 1. The van der Waals surface area contributed by atoms with Gasteiger partial charge in [-0.25, -0.2) is 12.8 Å². The summed E-state index contributed by atoms with van der Waals surface area (Å²) in [4.78, 5) is 20.6. The number of carbonyl (C=O) groups is 1. The lowest BCUT2D eigenvalue weighted by atomic mass is 10.0. The van der Waals surface area contributed by atoms with E-state index in [1.54, 1.807) is 47.5 Å². The van der Waals surface area contributed by atoms with E-state index in [1.165, 1.54) is 6.07 Å². The molecule has 0 N–H and O–H groups in total. The quantitative estimate of drug-likeness (QED) is 0.793. The van der Waals surface area contributed by atoms with Crippen molar-refractivity contribution in [2.24, 2.45) is 0 Å². The largest absolute Gasteiger partial charge is 0.330 e. The molecule has 0 aliphatic carbocycles. The number of pyridine rings is 1. The zero-order valence-electron chi connectivity index (χ0n) is 14.7. The van der Waals surface area contributed by atoms with Gasteiger partial charge < -0.3 is 4.90 Å². The fourth-order valence-electron chi connectivity index (χ4n) is 3.96. The Morgan fingerprint density at radius 2 is 1.81 bits per heavy atom. The Morgan fingerprint density at radius 3 is 2.56 bits per heavy atom. The molecule has 2 aliphatic rings. The van der Waals surface area contributed by atoms with Crippen LogP contribution in [0.4, 0.5) is 4.39 Å². The molecule has 142 valence electrons. The normalized spacial score (nSPS) is 24.6. The molecular formula is C19H20FN3O3S. The highest BCUT2D eigenvalue weighted by Crippen LogP contribution is 2.29. The number of nitrogens with zero attached hydrogens (tertiary/aromatic N) is 3. The van der Waals surface area contributed by atoms with E-state index in [4.69, 9.17) is 0 Å². The third-order valence-electron chi connectivity index (χ3n) is 5.27. The highest BCUT2D eigenvalue weighted by atomic mass is 32.2. The van der Waals surface area contributed by atoms with Crippen LogP contribution in [0.25, 0.3) is 0 Å². The number of aromatic nitrogens is 1. The highest BCUT2D eigenvalue weighted by Gasteiger charge is 2.48. The number of sulfone groups is 1. The molecule has 0 radical (unpaired) electrons. The smallest absolute Gasteiger partial charge is 0.272 e. The molecule has 0 bridgehead atoms. The van der Waals surface area contributed by atoms with Gasteiger partial charge in [0.05, 0.1) is 17.5 Å². The molecule has 0 spiro atoms. The van der Waals surface area contributed by atoms with Crippen LogP contribution in [0.15, 0.2) is 48.7 Å². The lowest BCUT2D eigenvalue weighted by Crippen LogP contribution is -2.60. The van der Waals surface area contributed by atoms with Crippen molar-refractivity contribution in [2.75, 3.05) is 24.6 Å². The van der Waals surface area contributed by atoms with Crippen LogP contribution in [0.1, 0.15) is 16.1 Å². The Labute approximate surface area is 157 Å². The molecule has 2 aliphatic heterocycles. The van der Waals surface area contributed by atoms with Crippen LogP contribution in [0.5, 0.6) is 0 Å². The summed E-state index contributed by atoms with van der Waals surface area (Å²) in [5.41, 5.74) is 0.841. The Bertz CT molecular complexity index is 952. The predicted molar refractivity (Wildman–Crippen MR) is 98.3 cm³/mol. The monoisotopic (exact) mass is 389 g/mol. The van der Waals surface area contributed by atoms with Gasteiger partial charge in [-0.3, -0.25) is 14.7 Å². The standard InChI is InChI=1S/C19H20FN3O3S/c20-15-6-2-1-5-14(15)11-22-9-10-23(18-13-27(25,26)12-17(18)22)19(24)16-7-3-4-8-21-16/h1-8,17-18H,9-13H2/t17-,18+/m1/s1. The fraction of sp³-hybridized carbons (Fsp3) is 0.368. The van der Waals surface area contributed by atoms with Crippen molar-refractivity contribution in [3.05, 3.63) is 65.7 Å². The maximum Gasteiger partial charge on any atom is 0.272 e. The SMILES string of the molecule is O=C(c1ccccn1)N1CCN(Cc2ccccc2F)[C@@H]2CS(=O)(=O)C[C@@H]21. The van der Waals surface area contributed by atoms with Crippen LogP contribution >= 0.6 is 0 Å². The Kier molecular flexibility index (Phi) is 4.69. The van der Waals surface area contributed by atoms with Crippen molar-refractivity contribution < 1.29 is 17.6 Å². The molecule has 2 atom stereocenters. The number of hydrogen-bond donors (Lipinski definition) is 0. The summed E-state index contributed by atoms with van der Waals surface area (Å²) < 4.78 is 38.7. The van der Waals surface area contributed by atoms with Crippen molar-refractivity contribution in [3.8, 4) is 0 Å². The second kappa shape index (κ2) is 7.01. The second-order valence-electron chi connectivity index (χ2n) is 6.99. The first-order valence-corrected chi connectivity index (χ1v) is 10.7. The molecule has 8 heteroatoms. The fourth-order valence-corrected chi connectivity index (χ4v) is 5.97. The number of hydrogen-bond acceptors (Lipinski definition) is 5. The minimum atomic E-state index is -3.26. The van der Waals surface area contributed by atoms with Crippen molar-refractivity contribution >= 4 is 15.7 Å². The van der Waals surface area contributed by atoms with Crippen LogP contribution in [0.2, 0.25) is 0 Å². The van der Waals surface area contributed by atoms with Gasteiger partial charge in [0.1, 0.15) is 11.5 Å². The van der Waals surface area contributed by atoms with Crippen molar-refractivity contribution in [3.63, 3.8) is 0 Å². The molecule has 4 rings (SSSR count). The molecule has 6 nitrogen and oxygen atoms in total. The summed E-state index contributed by atoms with van der Waals surface area (Å²) in [7, 11) is -3.26. The number of halogens is 1. The Hall–Kier alpha value is -2.32. The minimum absolute atomic E-state index is 0.0158. The van der Waals surface area contributed by atoms with Crippen molar-refractivity contribution in [1.29, 1.82) is 0 Å². The summed E-state index contributed by atoms with van der Waals surface area (Å²) in [5.74, 6) is -0.641. The summed E-state index contributed by atoms with van der Waals surface area (Å²) in [5, 5.41) is 0. The third-order valence-corrected chi connectivity index (χ3v) is 6.97. The van der Waals surface area contributed by atoms with Gasteiger partial charge in [0.2, 0.25) is 0 Å². The van der Waals surface area contributed by atoms with E-state index >= 15 is 0 Å². The minimum Gasteiger partial charge on any atom is -0.330 e. The van der Waals surface area contributed by atoms with Crippen LogP contribution in [0.3, 0.4) is 0 Å². The van der Waals surface area contributed by atoms with Gasteiger partial charge in [-0.2, -0.15) is 0 Å². The molecule has 27 heavy (non-hydrogen) atoms. The molecular weight excluding hydrogens is 369 g/mol. The molecule has 2 fully saturated rings. The summed E-state index contributed by atoms with van der Waals surface area (Å²) in [6.07, 6.45) is 1.55. The molecule has 1 aromatic heterocycles. The Balaban J connectivity index is 1.60. The van der Waals surface area contributed by atoms with E-state index in [2.05, 4.69) is 4.98 Å². The predicted octanol–water partition coefficient (Wildman–Crippen LogP) is 1.34. The number of amides is 1. The van der Waals surface area contributed by atoms with E-state index in [-0.39, 0.29) is 29.3 Å². The van der Waals surface area contributed by atoms with Gasteiger partial charge in [-0.05, 0) is 18.2 Å². The summed E-state index contributed by atoms with van der Waals surface area (Å²) in [6, 6.07) is 10.8. The molecule has 1 amide bonds. The Morgan fingerprint density at radius 1 is 1.07 bits per heavy atom. The zero-order chi connectivity index (χ0) is 19.0. The maximum atomic E-state index is 14.0. The molecule has 3 heterocycles. The molecule has 2 saturated heterocycles. The van der Waals surface area contributed by atoms with Gasteiger partial charge in [0, 0.05) is 37.4 Å². The van der Waals surface area contributed by atoms with E-state index in [0.29, 0.717) is 30.9 Å². The van der Waals surface area contributed by atoms with E-state index in [1.807, 2.05) is 4.90 Å². The van der Waals surface area contributed by atoms with E-state index in [9.17, 15) is 17.6 Å². The van der Waals surface area contributed by atoms with Crippen LogP contribution in [-0.2, 0) is 16.4 Å². The van der Waals surface area contributed by atoms with Gasteiger partial charge >= 0.3 is 0 Å². The zero-order valence-corrected chi connectivity index (χ0v) is 15.5.